The van der Waals surface area contributed by atoms with E-state index in [4.69, 9.17) is 0 Å². The van der Waals surface area contributed by atoms with Crippen molar-refractivity contribution in [3.8, 4) is 0 Å². The van der Waals surface area contributed by atoms with Gasteiger partial charge in [0.2, 0.25) is 0 Å². The maximum Gasteiger partial charge on any atom is 0.151 e. The molecule has 0 aromatic heterocycles. The largest absolute Gasteiger partial charge is 0.318 e. The maximum atomic E-state index is 11.6. The number of nitrogens with one attached hydrogen (secondary N) is 1. The molecule has 16 heavy (non-hydrogen) atoms. The minimum atomic E-state index is -2.83. The molecule has 0 aromatic rings. The Balaban J connectivity index is 3.99. The SMILES string of the molecule is CCCN(CCNC)CCS(=O)(=O)CCC. The summed E-state index contributed by atoms with van der Waals surface area (Å²) in [6.07, 6.45) is 1.78. The first-order chi connectivity index (χ1) is 7.55. The molecule has 0 spiro atoms. The summed E-state index contributed by atoms with van der Waals surface area (Å²) in [5.41, 5.74) is 0. The summed E-state index contributed by atoms with van der Waals surface area (Å²) in [4.78, 5) is 2.21. The zero-order valence-corrected chi connectivity index (χ0v) is 11.6. The van der Waals surface area contributed by atoms with Gasteiger partial charge in [0.15, 0.2) is 9.84 Å². The number of sulfone groups is 1. The highest BCUT2D eigenvalue weighted by Crippen LogP contribution is 1.97. The highest BCUT2D eigenvalue weighted by molar-refractivity contribution is 7.91. The van der Waals surface area contributed by atoms with E-state index in [1.165, 1.54) is 0 Å². The Morgan fingerprint density at radius 1 is 1.00 bits per heavy atom. The van der Waals surface area contributed by atoms with Gasteiger partial charge in [-0.25, -0.2) is 8.42 Å². The molecule has 98 valence electrons. The van der Waals surface area contributed by atoms with Crippen LogP contribution in [0.5, 0.6) is 0 Å². The summed E-state index contributed by atoms with van der Waals surface area (Å²) in [5.74, 6) is 0.615. The van der Waals surface area contributed by atoms with Crippen LogP contribution in [-0.2, 0) is 9.84 Å². The number of hydrogen-bond donors (Lipinski definition) is 1. The third-order valence-corrected chi connectivity index (χ3v) is 4.29. The van der Waals surface area contributed by atoms with Crippen molar-refractivity contribution in [2.75, 3.05) is 44.7 Å². The molecular weight excluding hydrogens is 224 g/mol. The molecule has 0 aliphatic carbocycles. The van der Waals surface area contributed by atoms with Crippen LogP contribution < -0.4 is 5.32 Å². The Kier molecular flexibility index (Phi) is 8.89. The van der Waals surface area contributed by atoms with Gasteiger partial charge < -0.3 is 10.2 Å². The Morgan fingerprint density at radius 2 is 1.69 bits per heavy atom. The summed E-state index contributed by atoms with van der Waals surface area (Å²) < 4.78 is 23.1. The van der Waals surface area contributed by atoms with Crippen LogP contribution >= 0.6 is 0 Å². The van der Waals surface area contributed by atoms with Crippen molar-refractivity contribution in [3.63, 3.8) is 0 Å². The fraction of sp³-hybridized carbons (Fsp3) is 1.00. The van der Waals surface area contributed by atoms with Gasteiger partial charge in [-0.2, -0.15) is 0 Å². The number of rotatable bonds is 10. The van der Waals surface area contributed by atoms with E-state index in [2.05, 4.69) is 17.1 Å². The van der Waals surface area contributed by atoms with Crippen molar-refractivity contribution in [1.29, 1.82) is 0 Å². The molecule has 0 radical (unpaired) electrons. The Morgan fingerprint density at radius 3 is 2.19 bits per heavy atom. The lowest BCUT2D eigenvalue weighted by atomic mass is 10.4. The van der Waals surface area contributed by atoms with E-state index in [1.54, 1.807) is 0 Å². The average Bonchev–Trinajstić information content (AvgIpc) is 2.22. The molecule has 0 aliphatic rings. The summed E-state index contributed by atoms with van der Waals surface area (Å²) in [7, 11) is -0.918. The zero-order valence-electron chi connectivity index (χ0n) is 10.8. The molecule has 0 bridgehead atoms. The quantitative estimate of drug-likeness (QED) is 0.621. The highest BCUT2D eigenvalue weighted by atomic mass is 32.2. The van der Waals surface area contributed by atoms with Crippen molar-refractivity contribution < 1.29 is 8.42 Å². The van der Waals surface area contributed by atoms with E-state index in [1.807, 2.05) is 14.0 Å². The van der Waals surface area contributed by atoms with E-state index in [9.17, 15) is 8.42 Å². The van der Waals surface area contributed by atoms with Gasteiger partial charge in [-0.15, -0.1) is 0 Å². The van der Waals surface area contributed by atoms with Crippen LogP contribution in [0.15, 0.2) is 0 Å². The first-order valence-electron chi connectivity index (χ1n) is 6.13. The molecule has 0 amide bonds. The molecule has 0 aromatic carbocycles. The van der Waals surface area contributed by atoms with E-state index < -0.39 is 9.84 Å². The predicted octanol–water partition coefficient (Wildman–Crippen LogP) is 0.743. The molecule has 0 atom stereocenters. The van der Waals surface area contributed by atoms with Gasteiger partial charge in [0.25, 0.3) is 0 Å². The second-order valence-corrected chi connectivity index (χ2v) is 6.40. The number of likely N-dealkylation sites (N-methyl/N-ethyl adjacent to an activating group) is 1. The van der Waals surface area contributed by atoms with Crippen LogP contribution in [0.3, 0.4) is 0 Å². The third kappa shape index (κ3) is 8.07. The molecule has 0 fully saturated rings. The van der Waals surface area contributed by atoms with Crippen molar-refractivity contribution in [2.45, 2.75) is 26.7 Å². The topological polar surface area (TPSA) is 49.4 Å². The minimum Gasteiger partial charge on any atom is -0.318 e. The molecule has 1 N–H and O–H groups in total. The van der Waals surface area contributed by atoms with Crippen molar-refractivity contribution in [1.82, 2.24) is 10.2 Å². The van der Waals surface area contributed by atoms with Crippen molar-refractivity contribution >= 4 is 9.84 Å². The number of hydrogen-bond acceptors (Lipinski definition) is 4. The zero-order chi connectivity index (χ0) is 12.4. The standard InChI is InChI=1S/C11H26N2O2S/c1-4-7-13(8-6-12-3)9-11-16(14,15)10-5-2/h12H,4-11H2,1-3H3. The Hall–Kier alpha value is -0.130. The molecule has 0 aliphatic heterocycles. The minimum absolute atomic E-state index is 0.296. The predicted molar refractivity (Wildman–Crippen MR) is 69.6 cm³/mol. The smallest absolute Gasteiger partial charge is 0.151 e. The summed E-state index contributed by atoms with van der Waals surface area (Å²) in [6, 6.07) is 0. The number of nitrogens with zero attached hydrogens (tertiary/aromatic N) is 1. The molecular formula is C11H26N2O2S. The van der Waals surface area contributed by atoms with E-state index in [-0.39, 0.29) is 0 Å². The van der Waals surface area contributed by atoms with Gasteiger partial charge in [-0.05, 0) is 26.4 Å². The summed E-state index contributed by atoms with van der Waals surface area (Å²) in [5, 5.41) is 3.09. The average molecular weight is 250 g/mol. The fourth-order valence-electron chi connectivity index (χ4n) is 1.60. The van der Waals surface area contributed by atoms with Gasteiger partial charge in [0.1, 0.15) is 0 Å². The van der Waals surface area contributed by atoms with Crippen molar-refractivity contribution in [2.24, 2.45) is 0 Å². The van der Waals surface area contributed by atoms with Crippen LogP contribution in [-0.4, -0.2) is 58.1 Å². The first-order valence-corrected chi connectivity index (χ1v) is 7.95. The second kappa shape index (κ2) is 8.96. The van der Waals surface area contributed by atoms with Gasteiger partial charge in [0, 0.05) is 25.4 Å². The maximum absolute atomic E-state index is 11.6. The molecule has 5 heteroatoms. The lowest BCUT2D eigenvalue weighted by Crippen LogP contribution is -2.35. The summed E-state index contributed by atoms with van der Waals surface area (Å²) >= 11 is 0. The van der Waals surface area contributed by atoms with E-state index >= 15 is 0 Å². The first kappa shape index (κ1) is 15.9. The van der Waals surface area contributed by atoms with Gasteiger partial charge in [-0.1, -0.05) is 13.8 Å². The van der Waals surface area contributed by atoms with Crippen LogP contribution in [0.25, 0.3) is 0 Å². The summed E-state index contributed by atoms with van der Waals surface area (Å²) in [6.45, 7) is 7.50. The second-order valence-electron chi connectivity index (χ2n) is 4.10. The van der Waals surface area contributed by atoms with E-state index in [0.29, 0.717) is 24.5 Å². The van der Waals surface area contributed by atoms with Gasteiger partial charge in [-0.3, -0.25) is 0 Å². The van der Waals surface area contributed by atoms with Crippen LogP contribution in [0.4, 0.5) is 0 Å². The fourth-order valence-corrected chi connectivity index (χ4v) is 2.97. The normalized spacial score (nSPS) is 12.2. The van der Waals surface area contributed by atoms with Crippen LogP contribution in [0.1, 0.15) is 26.7 Å². The van der Waals surface area contributed by atoms with Gasteiger partial charge >= 0.3 is 0 Å². The van der Waals surface area contributed by atoms with Gasteiger partial charge in [0.05, 0.1) is 5.75 Å². The Bertz CT molecular complexity index is 253. The highest BCUT2D eigenvalue weighted by Gasteiger charge is 2.12. The molecule has 4 nitrogen and oxygen atoms in total. The lowest BCUT2D eigenvalue weighted by molar-refractivity contribution is 0.291. The molecule has 0 rings (SSSR count). The van der Waals surface area contributed by atoms with Crippen LogP contribution in [0.2, 0.25) is 0 Å². The third-order valence-electron chi connectivity index (χ3n) is 2.45. The molecule has 0 unspecified atom stereocenters. The van der Waals surface area contributed by atoms with Crippen LogP contribution in [0, 0.1) is 0 Å². The lowest BCUT2D eigenvalue weighted by Gasteiger charge is -2.21. The Labute approximate surface area is 100 Å². The molecule has 0 heterocycles. The van der Waals surface area contributed by atoms with Crippen molar-refractivity contribution in [3.05, 3.63) is 0 Å². The molecule has 0 saturated carbocycles. The monoisotopic (exact) mass is 250 g/mol. The van der Waals surface area contributed by atoms with E-state index in [0.717, 1.165) is 26.1 Å². The molecule has 0 saturated heterocycles.